The minimum atomic E-state index is -0.827. The van der Waals surface area contributed by atoms with E-state index in [1.54, 1.807) is 13.8 Å². The van der Waals surface area contributed by atoms with E-state index in [1.165, 1.54) is 4.90 Å². The molecule has 0 spiro atoms. The van der Waals surface area contributed by atoms with Gasteiger partial charge < -0.3 is 10.6 Å². The van der Waals surface area contributed by atoms with Gasteiger partial charge in [0.1, 0.15) is 5.54 Å². The van der Waals surface area contributed by atoms with E-state index in [2.05, 4.69) is 26.6 Å². The zero-order valence-electron chi connectivity index (χ0n) is 10.2. The molecule has 3 amide bonds. The number of anilines is 1. The Bertz CT molecular complexity index is 502. The fourth-order valence-corrected chi connectivity index (χ4v) is 2.16. The predicted molar refractivity (Wildman–Crippen MR) is 72.1 cm³/mol. The van der Waals surface area contributed by atoms with E-state index in [9.17, 15) is 9.59 Å². The normalized spacial score (nSPS) is 17.8. The van der Waals surface area contributed by atoms with Crippen molar-refractivity contribution in [1.82, 2.24) is 10.2 Å². The Labute approximate surface area is 114 Å². The second kappa shape index (κ2) is 4.61. The maximum atomic E-state index is 11.9. The molecule has 2 rings (SSSR count). The number of hydrogen-bond donors (Lipinski definition) is 2. The lowest BCUT2D eigenvalue weighted by molar-refractivity contribution is -0.129. The van der Waals surface area contributed by atoms with Crippen LogP contribution in [-0.4, -0.2) is 29.0 Å². The van der Waals surface area contributed by atoms with E-state index < -0.39 is 5.54 Å². The summed E-state index contributed by atoms with van der Waals surface area (Å²) >= 11 is 3.39. The number of halogens is 1. The molecule has 18 heavy (non-hydrogen) atoms. The highest BCUT2D eigenvalue weighted by Crippen LogP contribution is 2.22. The lowest BCUT2D eigenvalue weighted by Gasteiger charge is -2.17. The molecule has 0 saturated carbocycles. The van der Waals surface area contributed by atoms with Crippen LogP contribution in [0, 0.1) is 0 Å². The summed E-state index contributed by atoms with van der Waals surface area (Å²) in [6.45, 7) is 3.52. The molecule has 0 bridgehead atoms. The van der Waals surface area contributed by atoms with Crippen molar-refractivity contribution in [3.05, 3.63) is 28.7 Å². The average molecular weight is 312 g/mol. The van der Waals surface area contributed by atoms with Gasteiger partial charge in [0.15, 0.2) is 0 Å². The van der Waals surface area contributed by atoms with E-state index in [-0.39, 0.29) is 18.6 Å². The van der Waals surface area contributed by atoms with Gasteiger partial charge in [-0.2, -0.15) is 0 Å². The molecule has 1 fully saturated rings. The van der Waals surface area contributed by atoms with Crippen LogP contribution in [0.2, 0.25) is 0 Å². The van der Waals surface area contributed by atoms with Crippen molar-refractivity contribution in [2.24, 2.45) is 0 Å². The highest BCUT2D eigenvalue weighted by atomic mass is 79.9. The molecule has 0 atom stereocenters. The zero-order valence-corrected chi connectivity index (χ0v) is 11.7. The summed E-state index contributed by atoms with van der Waals surface area (Å²) in [7, 11) is 0. The number of imide groups is 1. The lowest BCUT2D eigenvalue weighted by Crippen LogP contribution is -2.41. The molecule has 1 aromatic rings. The molecular formula is C12H14BrN3O2. The number of para-hydroxylation sites is 1. The van der Waals surface area contributed by atoms with Gasteiger partial charge in [0.2, 0.25) is 0 Å². The van der Waals surface area contributed by atoms with Gasteiger partial charge >= 0.3 is 6.03 Å². The minimum absolute atomic E-state index is 0.150. The summed E-state index contributed by atoms with van der Waals surface area (Å²) in [6, 6.07) is 7.16. The molecule has 5 nitrogen and oxygen atoms in total. The first-order valence-electron chi connectivity index (χ1n) is 5.54. The van der Waals surface area contributed by atoms with Crippen LogP contribution in [-0.2, 0) is 4.79 Å². The number of nitrogens with zero attached hydrogens (tertiary/aromatic N) is 1. The second-order valence-electron chi connectivity index (χ2n) is 4.60. The topological polar surface area (TPSA) is 61.4 Å². The summed E-state index contributed by atoms with van der Waals surface area (Å²) in [5.74, 6) is -0.230. The molecule has 1 saturated heterocycles. The fraction of sp³-hybridized carbons (Fsp3) is 0.333. The molecule has 2 N–H and O–H groups in total. The van der Waals surface area contributed by atoms with Crippen molar-refractivity contribution >= 4 is 33.6 Å². The van der Waals surface area contributed by atoms with E-state index in [0.29, 0.717) is 0 Å². The van der Waals surface area contributed by atoms with Gasteiger partial charge in [-0.1, -0.05) is 12.1 Å². The Morgan fingerprint density at radius 1 is 1.33 bits per heavy atom. The monoisotopic (exact) mass is 311 g/mol. The first-order chi connectivity index (χ1) is 8.42. The molecule has 6 heteroatoms. The SMILES string of the molecule is CC1(C)NC(=O)N(CNc2ccccc2Br)C1=O. The van der Waals surface area contributed by atoms with E-state index in [0.717, 1.165) is 10.2 Å². The molecule has 0 aliphatic carbocycles. The Balaban J connectivity index is 2.06. The highest BCUT2D eigenvalue weighted by Gasteiger charge is 2.43. The number of carbonyl (C=O) groups excluding carboxylic acids is 2. The second-order valence-corrected chi connectivity index (χ2v) is 5.46. The molecule has 0 radical (unpaired) electrons. The Morgan fingerprint density at radius 2 is 2.00 bits per heavy atom. The zero-order chi connectivity index (χ0) is 13.3. The molecule has 96 valence electrons. The number of nitrogens with one attached hydrogen (secondary N) is 2. The Kier molecular flexibility index (Phi) is 3.30. The third-order valence-electron chi connectivity index (χ3n) is 2.75. The predicted octanol–water partition coefficient (Wildman–Crippen LogP) is 2.15. The first kappa shape index (κ1) is 12.9. The average Bonchev–Trinajstić information content (AvgIpc) is 2.49. The molecule has 1 aliphatic heterocycles. The van der Waals surface area contributed by atoms with Crippen molar-refractivity contribution in [3.63, 3.8) is 0 Å². The largest absolute Gasteiger partial charge is 0.366 e. The Hall–Kier alpha value is -1.56. The number of amides is 3. The van der Waals surface area contributed by atoms with Crippen molar-refractivity contribution in [3.8, 4) is 0 Å². The molecule has 0 aromatic heterocycles. The fourth-order valence-electron chi connectivity index (χ4n) is 1.73. The Morgan fingerprint density at radius 3 is 2.56 bits per heavy atom. The van der Waals surface area contributed by atoms with Crippen LogP contribution in [0.1, 0.15) is 13.8 Å². The maximum Gasteiger partial charge on any atom is 0.326 e. The summed E-state index contributed by atoms with van der Waals surface area (Å²) < 4.78 is 0.885. The van der Waals surface area contributed by atoms with Crippen molar-refractivity contribution in [2.75, 3.05) is 12.0 Å². The summed E-state index contributed by atoms with van der Waals surface area (Å²) in [6.07, 6.45) is 0. The van der Waals surface area contributed by atoms with Crippen LogP contribution in [0.3, 0.4) is 0 Å². The smallest absolute Gasteiger partial charge is 0.326 e. The van der Waals surface area contributed by atoms with Gasteiger partial charge in [0, 0.05) is 10.2 Å². The van der Waals surface area contributed by atoms with Crippen molar-refractivity contribution < 1.29 is 9.59 Å². The molecular weight excluding hydrogens is 298 g/mol. The number of benzene rings is 1. The van der Waals surface area contributed by atoms with E-state index >= 15 is 0 Å². The van der Waals surface area contributed by atoms with Gasteiger partial charge in [-0.15, -0.1) is 0 Å². The van der Waals surface area contributed by atoms with Gasteiger partial charge in [-0.25, -0.2) is 9.69 Å². The van der Waals surface area contributed by atoms with E-state index in [4.69, 9.17) is 0 Å². The first-order valence-corrected chi connectivity index (χ1v) is 6.33. The van der Waals surface area contributed by atoms with Crippen LogP contribution in [0.4, 0.5) is 10.5 Å². The third kappa shape index (κ3) is 2.33. The van der Waals surface area contributed by atoms with Crippen LogP contribution >= 0.6 is 15.9 Å². The molecule has 1 heterocycles. The maximum absolute atomic E-state index is 11.9. The number of hydrogen-bond acceptors (Lipinski definition) is 3. The van der Waals surface area contributed by atoms with Gasteiger partial charge in [-0.3, -0.25) is 4.79 Å². The summed E-state index contributed by atoms with van der Waals surface area (Å²) in [5.41, 5.74) is 0.00923. The molecule has 0 unspecified atom stereocenters. The summed E-state index contributed by atoms with van der Waals surface area (Å²) in [5, 5.41) is 5.68. The number of urea groups is 1. The van der Waals surface area contributed by atoms with Crippen LogP contribution in [0.15, 0.2) is 28.7 Å². The van der Waals surface area contributed by atoms with Crippen molar-refractivity contribution in [1.29, 1.82) is 0 Å². The third-order valence-corrected chi connectivity index (χ3v) is 3.44. The summed E-state index contributed by atoms with van der Waals surface area (Å²) in [4.78, 5) is 24.7. The minimum Gasteiger partial charge on any atom is -0.366 e. The highest BCUT2D eigenvalue weighted by molar-refractivity contribution is 9.10. The van der Waals surface area contributed by atoms with Crippen molar-refractivity contribution in [2.45, 2.75) is 19.4 Å². The van der Waals surface area contributed by atoms with Gasteiger partial charge in [0.05, 0.1) is 6.67 Å². The number of rotatable bonds is 3. The number of carbonyl (C=O) groups is 2. The van der Waals surface area contributed by atoms with Gasteiger partial charge in [-0.05, 0) is 41.9 Å². The van der Waals surface area contributed by atoms with Crippen LogP contribution in [0.25, 0.3) is 0 Å². The van der Waals surface area contributed by atoms with Crippen LogP contribution < -0.4 is 10.6 Å². The van der Waals surface area contributed by atoms with Crippen LogP contribution in [0.5, 0.6) is 0 Å². The van der Waals surface area contributed by atoms with E-state index in [1.807, 2.05) is 24.3 Å². The lowest BCUT2D eigenvalue weighted by atomic mass is 10.1. The molecule has 1 aliphatic rings. The molecule has 1 aromatic carbocycles. The van der Waals surface area contributed by atoms with Gasteiger partial charge in [0.25, 0.3) is 5.91 Å². The standard InChI is InChI=1S/C12H14BrN3O2/c1-12(2)10(17)16(11(18)15-12)7-14-9-6-4-3-5-8(9)13/h3-6,14H,7H2,1-2H3,(H,15,18). The quantitative estimate of drug-likeness (QED) is 0.841.